The van der Waals surface area contributed by atoms with Crippen LogP contribution in [0, 0.1) is 17.1 Å². The van der Waals surface area contributed by atoms with Gasteiger partial charge in [0.15, 0.2) is 4.80 Å². The molecule has 45 heavy (non-hydrogen) atoms. The summed E-state index contributed by atoms with van der Waals surface area (Å²) < 4.78 is 27.3. The minimum atomic E-state index is -0.889. The summed E-state index contributed by atoms with van der Waals surface area (Å²) in [4.78, 5) is 32.8. The van der Waals surface area contributed by atoms with Crippen LogP contribution in [-0.4, -0.2) is 17.1 Å². The SMILES string of the molecule is CCOC(=O)C1=C(c2ccccc2)N=c2s/c(=C\c3cccc(OCc4ccc(C#N)cc4)c3)c(=O)n2[C@@H]1c1ccc(F)cc1. The molecular weight excluding hydrogens is 589 g/mol. The van der Waals surface area contributed by atoms with E-state index in [1.165, 1.54) is 28.0 Å². The number of thiazole rings is 1. The van der Waals surface area contributed by atoms with E-state index in [1.54, 1.807) is 37.3 Å². The first-order valence-electron chi connectivity index (χ1n) is 14.2. The molecule has 2 heterocycles. The number of hydrogen-bond acceptors (Lipinski definition) is 7. The highest BCUT2D eigenvalue weighted by molar-refractivity contribution is 7.07. The monoisotopic (exact) mass is 615 g/mol. The van der Waals surface area contributed by atoms with Gasteiger partial charge in [-0.25, -0.2) is 14.2 Å². The number of benzene rings is 4. The number of rotatable bonds is 8. The van der Waals surface area contributed by atoms with Crippen LogP contribution in [0.1, 0.15) is 40.8 Å². The first kappa shape index (κ1) is 29.5. The second-order valence-electron chi connectivity index (χ2n) is 10.2. The number of halogens is 1. The Kier molecular flexibility index (Phi) is 8.49. The van der Waals surface area contributed by atoms with E-state index in [0.29, 0.717) is 44.1 Å². The molecule has 0 amide bonds. The Bertz CT molecular complexity index is 2130. The number of carbonyl (C=O) groups excluding carboxylic acids is 1. The van der Waals surface area contributed by atoms with Crippen molar-refractivity contribution in [3.05, 3.63) is 162 Å². The Morgan fingerprint density at radius 1 is 1.02 bits per heavy atom. The van der Waals surface area contributed by atoms with E-state index in [2.05, 4.69) is 6.07 Å². The maximum absolute atomic E-state index is 14.1. The number of hydrogen-bond donors (Lipinski definition) is 0. The molecule has 0 unspecified atom stereocenters. The lowest BCUT2D eigenvalue weighted by molar-refractivity contribution is -0.138. The molecule has 0 fully saturated rings. The van der Waals surface area contributed by atoms with E-state index in [9.17, 15) is 14.0 Å². The van der Waals surface area contributed by atoms with Crippen molar-refractivity contribution in [1.29, 1.82) is 5.26 Å². The number of aromatic nitrogens is 1. The third kappa shape index (κ3) is 6.23. The van der Waals surface area contributed by atoms with E-state index in [-0.39, 0.29) is 17.7 Å². The van der Waals surface area contributed by atoms with E-state index in [0.717, 1.165) is 11.1 Å². The van der Waals surface area contributed by atoms with Crippen LogP contribution in [0.2, 0.25) is 0 Å². The molecule has 5 aromatic rings. The van der Waals surface area contributed by atoms with E-state index in [4.69, 9.17) is 19.7 Å². The standard InChI is InChI=1S/C36H26FN3O4S/c1-2-43-35(42)31-32(26-8-4-3-5-9-26)39-36-40(33(31)27-15-17-28(37)18-16-27)34(41)30(45-36)20-25-7-6-10-29(19-25)44-22-24-13-11-23(21-38)12-14-24/h3-20,33H,2,22H2,1H3/b30-20-/t33-/m1/s1. The highest BCUT2D eigenvalue weighted by atomic mass is 32.1. The van der Waals surface area contributed by atoms with Gasteiger partial charge in [-0.1, -0.05) is 78.1 Å². The third-order valence-electron chi connectivity index (χ3n) is 7.20. The summed E-state index contributed by atoms with van der Waals surface area (Å²) in [5.41, 5.74) is 3.73. The fraction of sp³-hybridized carbons (Fsp3) is 0.111. The summed E-state index contributed by atoms with van der Waals surface area (Å²) >= 11 is 1.20. The first-order valence-corrected chi connectivity index (χ1v) is 15.0. The molecule has 0 N–H and O–H groups in total. The van der Waals surface area contributed by atoms with Crippen molar-refractivity contribution in [3.8, 4) is 11.8 Å². The molecule has 1 aromatic heterocycles. The smallest absolute Gasteiger partial charge is 0.338 e. The topological polar surface area (TPSA) is 93.7 Å². The van der Waals surface area contributed by atoms with Gasteiger partial charge in [0.25, 0.3) is 5.56 Å². The molecule has 1 aliphatic heterocycles. The zero-order valence-electron chi connectivity index (χ0n) is 24.1. The van der Waals surface area contributed by atoms with Crippen molar-refractivity contribution >= 4 is 29.1 Å². The van der Waals surface area contributed by atoms with Crippen molar-refractivity contribution < 1.29 is 18.7 Å². The average molecular weight is 616 g/mol. The van der Waals surface area contributed by atoms with Crippen LogP contribution in [0.15, 0.2) is 118 Å². The van der Waals surface area contributed by atoms with E-state index >= 15 is 0 Å². The lowest BCUT2D eigenvalue weighted by atomic mass is 9.93. The van der Waals surface area contributed by atoms with Crippen LogP contribution in [-0.2, 0) is 16.1 Å². The molecular formula is C36H26FN3O4S. The van der Waals surface area contributed by atoms with Gasteiger partial charge in [0.1, 0.15) is 18.2 Å². The molecule has 0 spiro atoms. The minimum absolute atomic E-state index is 0.133. The van der Waals surface area contributed by atoms with Crippen LogP contribution >= 0.6 is 11.3 Å². The van der Waals surface area contributed by atoms with Gasteiger partial charge in [0.05, 0.1) is 40.1 Å². The van der Waals surface area contributed by atoms with Gasteiger partial charge < -0.3 is 9.47 Å². The van der Waals surface area contributed by atoms with Crippen molar-refractivity contribution in [2.75, 3.05) is 6.61 Å². The lowest BCUT2D eigenvalue weighted by Crippen LogP contribution is -2.40. The molecule has 0 saturated carbocycles. The number of fused-ring (bicyclic) bond motifs is 1. The number of nitriles is 1. The molecule has 6 rings (SSSR count). The second-order valence-corrected chi connectivity index (χ2v) is 11.2. The van der Waals surface area contributed by atoms with Gasteiger partial charge in [0, 0.05) is 5.56 Å². The molecule has 0 bridgehead atoms. The van der Waals surface area contributed by atoms with Gasteiger partial charge in [0.2, 0.25) is 0 Å². The zero-order valence-corrected chi connectivity index (χ0v) is 25.0. The quantitative estimate of drug-likeness (QED) is 0.214. The molecule has 1 aliphatic rings. The normalized spacial score (nSPS) is 14.3. The number of carbonyl (C=O) groups is 1. The Labute approximate surface area is 262 Å². The van der Waals surface area contributed by atoms with E-state index < -0.39 is 17.8 Å². The Balaban J connectivity index is 1.45. The van der Waals surface area contributed by atoms with Crippen molar-refractivity contribution in [2.24, 2.45) is 4.99 Å². The lowest BCUT2D eigenvalue weighted by Gasteiger charge is -2.25. The predicted octanol–water partition coefficient (Wildman–Crippen LogP) is 5.53. The van der Waals surface area contributed by atoms with Crippen molar-refractivity contribution in [1.82, 2.24) is 4.57 Å². The summed E-state index contributed by atoms with van der Waals surface area (Å²) in [6.07, 6.45) is 1.76. The largest absolute Gasteiger partial charge is 0.489 e. The summed E-state index contributed by atoms with van der Waals surface area (Å²) in [7, 11) is 0. The predicted molar refractivity (Wildman–Crippen MR) is 169 cm³/mol. The molecule has 9 heteroatoms. The maximum atomic E-state index is 14.1. The second kappa shape index (κ2) is 13.0. The highest BCUT2D eigenvalue weighted by Crippen LogP contribution is 2.35. The Morgan fingerprint density at radius 3 is 2.49 bits per heavy atom. The molecule has 222 valence electrons. The van der Waals surface area contributed by atoms with Crippen LogP contribution in [0.4, 0.5) is 4.39 Å². The number of ether oxygens (including phenoxy) is 2. The highest BCUT2D eigenvalue weighted by Gasteiger charge is 2.35. The summed E-state index contributed by atoms with van der Waals surface area (Å²) in [6, 6.07) is 30.7. The van der Waals surface area contributed by atoms with Crippen molar-refractivity contribution in [2.45, 2.75) is 19.6 Å². The van der Waals surface area contributed by atoms with Gasteiger partial charge in [-0.3, -0.25) is 9.36 Å². The molecule has 0 saturated heterocycles. The summed E-state index contributed by atoms with van der Waals surface area (Å²) in [5, 5.41) is 9.02. The molecule has 7 nitrogen and oxygen atoms in total. The van der Waals surface area contributed by atoms with Crippen LogP contribution in [0.5, 0.6) is 5.75 Å². The van der Waals surface area contributed by atoms with Gasteiger partial charge >= 0.3 is 5.97 Å². The molecule has 4 aromatic carbocycles. The van der Waals surface area contributed by atoms with Gasteiger partial charge in [-0.2, -0.15) is 5.26 Å². The Hall–Kier alpha value is -5.59. The van der Waals surface area contributed by atoms with Crippen LogP contribution < -0.4 is 19.6 Å². The van der Waals surface area contributed by atoms with Crippen molar-refractivity contribution in [3.63, 3.8) is 0 Å². The Morgan fingerprint density at radius 2 is 1.78 bits per heavy atom. The average Bonchev–Trinajstić information content (AvgIpc) is 3.38. The fourth-order valence-electron chi connectivity index (χ4n) is 5.09. The maximum Gasteiger partial charge on any atom is 0.338 e. The molecule has 1 atom stereocenters. The number of esters is 1. The molecule has 0 radical (unpaired) electrons. The first-order chi connectivity index (χ1) is 21.9. The van der Waals surface area contributed by atoms with Crippen LogP contribution in [0.25, 0.3) is 11.8 Å². The number of nitrogens with zero attached hydrogens (tertiary/aromatic N) is 3. The van der Waals surface area contributed by atoms with Gasteiger partial charge in [-0.15, -0.1) is 0 Å². The molecule has 0 aliphatic carbocycles. The third-order valence-corrected chi connectivity index (χ3v) is 8.19. The van der Waals surface area contributed by atoms with Gasteiger partial charge in [-0.05, 0) is 66.1 Å². The van der Waals surface area contributed by atoms with Crippen LogP contribution in [0.3, 0.4) is 0 Å². The fourth-order valence-corrected chi connectivity index (χ4v) is 6.09. The minimum Gasteiger partial charge on any atom is -0.489 e. The summed E-state index contributed by atoms with van der Waals surface area (Å²) in [6.45, 7) is 2.16. The zero-order chi connectivity index (χ0) is 31.3. The van der Waals surface area contributed by atoms with E-state index in [1.807, 2.05) is 66.7 Å². The summed E-state index contributed by atoms with van der Waals surface area (Å²) in [5.74, 6) is -0.422.